The predicted molar refractivity (Wildman–Crippen MR) is 85.2 cm³/mol. The van der Waals surface area contributed by atoms with E-state index in [0.29, 0.717) is 29.6 Å². The van der Waals surface area contributed by atoms with Crippen LogP contribution in [0.3, 0.4) is 0 Å². The first-order valence-corrected chi connectivity index (χ1v) is 7.44. The van der Waals surface area contributed by atoms with Gasteiger partial charge in [-0.25, -0.2) is 0 Å². The molecule has 0 fully saturated rings. The molecule has 7 nitrogen and oxygen atoms in total. The summed E-state index contributed by atoms with van der Waals surface area (Å²) >= 11 is 0. The minimum atomic E-state index is -0.378. The SMILES string of the molecule is Cc1cc(NC(=O)c2ccnc(C(=O)NCCC(C)C)c2)no1. The molecule has 0 radical (unpaired) electrons. The number of nitrogens with one attached hydrogen (secondary N) is 2. The summed E-state index contributed by atoms with van der Waals surface area (Å²) in [5, 5.41) is 9.08. The minimum Gasteiger partial charge on any atom is -0.360 e. The van der Waals surface area contributed by atoms with Gasteiger partial charge in [0.2, 0.25) is 0 Å². The third-order valence-electron chi connectivity index (χ3n) is 3.13. The van der Waals surface area contributed by atoms with Crippen LogP contribution in [0.1, 0.15) is 46.9 Å². The van der Waals surface area contributed by atoms with E-state index in [2.05, 4.69) is 34.6 Å². The summed E-state index contributed by atoms with van der Waals surface area (Å²) in [5.74, 6) is 0.758. The molecule has 2 rings (SSSR count). The lowest BCUT2D eigenvalue weighted by Crippen LogP contribution is -2.26. The quantitative estimate of drug-likeness (QED) is 0.853. The first-order valence-electron chi connectivity index (χ1n) is 7.44. The van der Waals surface area contributed by atoms with Crippen molar-refractivity contribution in [2.24, 2.45) is 5.92 Å². The molecule has 2 N–H and O–H groups in total. The summed E-state index contributed by atoms with van der Waals surface area (Å²) in [4.78, 5) is 28.2. The Morgan fingerprint density at radius 2 is 2.04 bits per heavy atom. The Morgan fingerprint density at radius 3 is 2.70 bits per heavy atom. The molecule has 0 spiro atoms. The molecule has 0 saturated carbocycles. The Labute approximate surface area is 134 Å². The number of pyridine rings is 1. The average molecular weight is 316 g/mol. The number of rotatable bonds is 6. The molecule has 2 aromatic heterocycles. The summed E-state index contributed by atoms with van der Waals surface area (Å²) in [7, 11) is 0. The van der Waals surface area contributed by atoms with Gasteiger partial charge in [-0.05, 0) is 31.4 Å². The molecule has 0 atom stereocenters. The van der Waals surface area contributed by atoms with Gasteiger partial charge in [0.1, 0.15) is 11.5 Å². The second-order valence-electron chi connectivity index (χ2n) is 5.65. The smallest absolute Gasteiger partial charge is 0.269 e. The highest BCUT2D eigenvalue weighted by atomic mass is 16.5. The zero-order valence-electron chi connectivity index (χ0n) is 13.4. The van der Waals surface area contributed by atoms with Crippen molar-refractivity contribution < 1.29 is 14.1 Å². The lowest BCUT2D eigenvalue weighted by Gasteiger charge is -2.07. The van der Waals surface area contributed by atoms with E-state index in [1.807, 2.05) is 0 Å². The Kier molecular flexibility index (Phi) is 5.46. The number of hydrogen-bond donors (Lipinski definition) is 2. The van der Waals surface area contributed by atoms with E-state index in [9.17, 15) is 9.59 Å². The van der Waals surface area contributed by atoms with Crippen LogP contribution in [0.25, 0.3) is 0 Å². The van der Waals surface area contributed by atoms with Gasteiger partial charge >= 0.3 is 0 Å². The summed E-state index contributed by atoms with van der Waals surface area (Å²) in [6, 6.07) is 4.60. The number of carbonyl (C=O) groups is 2. The fraction of sp³-hybridized carbons (Fsp3) is 0.375. The molecular formula is C16H20N4O3. The van der Waals surface area contributed by atoms with Crippen LogP contribution in [-0.2, 0) is 0 Å². The average Bonchev–Trinajstić information content (AvgIpc) is 2.92. The number of nitrogens with zero attached hydrogens (tertiary/aromatic N) is 2. The first kappa shape index (κ1) is 16.7. The summed E-state index contributed by atoms with van der Waals surface area (Å²) in [6.07, 6.45) is 2.32. The zero-order valence-corrected chi connectivity index (χ0v) is 13.4. The molecule has 7 heteroatoms. The molecule has 0 aromatic carbocycles. The number of carbonyl (C=O) groups excluding carboxylic acids is 2. The summed E-state index contributed by atoms with van der Waals surface area (Å²) in [5.41, 5.74) is 0.535. The number of amides is 2. The second kappa shape index (κ2) is 7.53. The molecule has 0 saturated heterocycles. The van der Waals surface area contributed by atoms with E-state index in [0.717, 1.165) is 6.42 Å². The molecule has 0 aliphatic carbocycles. The molecule has 2 heterocycles. The van der Waals surface area contributed by atoms with Gasteiger partial charge in [0.15, 0.2) is 5.82 Å². The minimum absolute atomic E-state index is 0.206. The van der Waals surface area contributed by atoms with Crippen molar-refractivity contribution in [3.05, 3.63) is 41.4 Å². The molecular weight excluding hydrogens is 296 g/mol. The van der Waals surface area contributed by atoms with Crippen molar-refractivity contribution in [2.75, 3.05) is 11.9 Å². The summed E-state index contributed by atoms with van der Waals surface area (Å²) in [6.45, 7) is 6.48. The fourth-order valence-electron chi connectivity index (χ4n) is 1.87. The third kappa shape index (κ3) is 4.91. The maximum absolute atomic E-state index is 12.1. The first-order chi connectivity index (χ1) is 11.0. The molecule has 122 valence electrons. The molecule has 0 unspecified atom stereocenters. The standard InChI is InChI=1S/C16H20N4O3/c1-10(2)4-6-18-16(22)13-9-12(5-7-17-13)15(21)19-14-8-11(3)23-20-14/h5,7-10H,4,6H2,1-3H3,(H,18,22)(H,19,20,21). The van der Waals surface area contributed by atoms with Crippen molar-refractivity contribution in [3.63, 3.8) is 0 Å². The lowest BCUT2D eigenvalue weighted by atomic mass is 10.1. The van der Waals surface area contributed by atoms with Gasteiger partial charge in [-0.1, -0.05) is 19.0 Å². The van der Waals surface area contributed by atoms with Crippen LogP contribution in [-0.4, -0.2) is 28.5 Å². The van der Waals surface area contributed by atoms with E-state index < -0.39 is 0 Å². The third-order valence-corrected chi connectivity index (χ3v) is 3.13. The van der Waals surface area contributed by atoms with Crippen LogP contribution in [0.4, 0.5) is 5.82 Å². The fourth-order valence-corrected chi connectivity index (χ4v) is 1.87. The van der Waals surface area contributed by atoms with Crippen LogP contribution in [0.2, 0.25) is 0 Å². The lowest BCUT2D eigenvalue weighted by molar-refractivity contribution is 0.0947. The van der Waals surface area contributed by atoms with E-state index in [1.54, 1.807) is 13.0 Å². The number of aryl methyl sites for hydroxylation is 1. The van der Waals surface area contributed by atoms with Crippen LogP contribution >= 0.6 is 0 Å². The monoisotopic (exact) mass is 316 g/mol. The normalized spacial score (nSPS) is 10.6. The van der Waals surface area contributed by atoms with Gasteiger partial charge in [-0.2, -0.15) is 0 Å². The van der Waals surface area contributed by atoms with Gasteiger partial charge in [0.25, 0.3) is 11.8 Å². The van der Waals surface area contributed by atoms with E-state index in [4.69, 9.17) is 4.52 Å². The van der Waals surface area contributed by atoms with Crippen molar-refractivity contribution in [2.45, 2.75) is 27.2 Å². The van der Waals surface area contributed by atoms with Gasteiger partial charge < -0.3 is 15.2 Å². The molecule has 2 amide bonds. The molecule has 2 aromatic rings. The van der Waals surface area contributed by atoms with Gasteiger partial charge in [0, 0.05) is 24.4 Å². The number of aromatic nitrogens is 2. The van der Waals surface area contributed by atoms with Gasteiger partial charge in [-0.15, -0.1) is 0 Å². The van der Waals surface area contributed by atoms with Crippen LogP contribution < -0.4 is 10.6 Å². The molecule has 0 bridgehead atoms. The Balaban J connectivity index is 2.01. The zero-order chi connectivity index (χ0) is 16.8. The van der Waals surface area contributed by atoms with Gasteiger partial charge in [0.05, 0.1) is 0 Å². The van der Waals surface area contributed by atoms with Gasteiger partial charge in [-0.3, -0.25) is 14.6 Å². The maximum atomic E-state index is 12.1. The van der Waals surface area contributed by atoms with E-state index in [-0.39, 0.29) is 17.5 Å². The maximum Gasteiger partial charge on any atom is 0.269 e. The highest BCUT2D eigenvalue weighted by molar-refractivity contribution is 6.05. The van der Waals surface area contributed by atoms with Crippen LogP contribution in [0.5, 0.6) is 0 Å². The number of anilines is 1. The van der Waals surface area contributed by atoms with Crippen molar-refractivity contribution in [1.82, 2.24) is 15.5 Å². The second-order valence-corrected chi connectivity index (χ2v) is 5.65. The summed E-state index contributed by atoms with van der Waals surface area (Å²) < 4.78 is 4.89. The highest BCUT2D eigenvalue weighted by Gasteiger charge is 2.13. The van der Waals surface area contributed by atoms with Crippen molar-refractivity contribution >= 4 is 17.6 Å². The van der Waals surface area contributed by atoms with Crippen molar-refractivity contribution in [1.29, 1.82) is 0 Å². The Bertz CT molecular complexity index is 694. The van der Waals surface area contributed by atoms with Crippen molar-refractivity contribution in [3.8, 4) is 0 Å². The molecule has 23 heavy (non-hydrogen) atoms. The topological polar surface area (TPSA) is 97.1 Å². The largest absolute Gasteiger partial charge is 0.360 e. The van der Waals surface area contributed by atoms with E-state index in [1.165, 1.54) is 18.3 Å². The highest BCUT2D eigenvalue weighted by Crippen LogP contribution is 2.10. The Hall–Kier alpha value is -2.70. The molecule has 0 aliphatic rings. The number of hydrogen-bond acceptors (Lipinski definition) is 5. The predicted octanol–water partition coefficient (Wildman–Crippen LogP) is 2.41. The van der Waals surface area contributed by atoms with Crippen LogP contribution in [0.15, 0.2) is 28.9 Å². The Morgan fingerprint density at radius 1 is 1.26 bits per heavy atom. The van der Waals surface area contributed by atoms with Crippen LogP contribution in [0, 0.1) is 12.8 Å². The van der Waals surface area contributed by atoms with E-state index >= 15 is 0 Å². The molecule has 0 aliphatic heterocycles.